The van der Waals surface area contributed by atoms with Crippen LogP contribution in [0.2, 0.25) is 0 Å². The highest BCUT2D eigenvalue weighted by Gasteiger charge is 2.30. The lowest BCUT2D eigenvalue weighted by Gasteiger charge is -2.32. The van der Waals surface area contributed by atoms with Crippen molar-refractivity contribution in [1.29, 1.82) is 0 Å². The lowest BCUT2D eigenvalue weighted by Crippen LogP contribution is -2.44. The Morgan fingerprint density at radius 1 is 1.42 bits per heavy atom. The SMILES string of the molecule is NC1(CC(=O)Nc2nc(C3CC3)cs2)CCCCC1. The normalized spacial score (nSPS) is 22.2. The summed E-state index contributed by atoms with van der Waals surface area (Å²) in [5, 5.41) is 5.70. The fourth-order valence-corrected chi connectivity index (χ4v) is 3.63. The van der Waals surface area contributed by atoms with Crippen molar-refractivity contribution in [3.05, 3.63) is 11.1 Å². The van der Waals surface area contributed by atoms with E-state index in [0.717, 1.165) is 36.5 Å². The van der Waals surface area contributed by atoms with E-state index in [9.17, 15) is 4.79 Å². The average Bonchev–Trinajstić information content (AvgIpc) is 3.11. The topological polar surface area (TPSA) is 68.0 Å². The van der Waals surface area contributed by atoms with Gasteiger partial charge in [0.25, 0.3) is 0 Å². The van der Waals surface area contributed by atoms with Crippen LogP contribution in [0.5, 0.6) is 0 Å². The minimum atomic E-state index is -0.293. The maximum absolute atomic E-state index is 12.1. The Balaban J connectivity index is 1.54. The van der Waals surface area contributed by atoms with E-state index in [1.165, 1.54) is 30.6 Å². The van der Waals surface area contributed by atoms with Gasteiger partial charge in [0.05, 0.1) is 5.69 Å². The van der Waals surface area contributed by atoms with Crippen molar-refractivity contribution in [1.82, 2.24) is 4.98 Å². The monoisotopic (exact) mass is 279 g/mol. The molecular formula is C14H21N3OS. The molecule has 3 N–H and O–H groups in total. The highest BCUT2D eigenvalue weighted by atomic mass is 32.1. The Labute approximate surface area is 117 Å². The molecule has 3 rings (SSSR count). The molecule has 2 aliphatic rings. The molecule has 1 amide bonds. The molecule has 4 nitrogen and oxygen atoms in total. The van der Waals surface area contributed by atoms with E-state index >= 15 is 0 Å². The predicted molar refractivity (Wildman–Crippen MR) is 77.3 cm³/mol. The summed E-state index contributed by atoms with van der Waals surface area (Å²) in [5.74, 6) is 0.655. The van der Waals surface area contributed by atoms with Gasteiger partial charge < -0.3 is 11.1 Å². The van der Waals surface area contributed by atoms with Crippen molar-refractivity contribution in [3.63, 3.8) is 0 Å². The summed E-state index contributed by atoms with van der Waals surface area (Å²) in [6.07, 6.45) is 8.37. The summed E-state index contributed by atoms with van der Waals surface area (Å²) in [6, 6.07) is 0. The molecule has 2 fully saturated rings. The maximum Gasteiger partial charge on any atom is 0.228 e. The third kappa shape index (κ3) is 3.34. The maximum atomic E-state index is 12.1. The van der Waals surface area contributed by atoms with E-state index in [1.54, 1.807) is 0 Å². The first-order valence-corrected chi connectivity index (χ1v) is 8.07. The molecule has 0 radical (unpaired) electrons. The lowest BCUT2D eigenvalue weighted by molar-refractivity contribution is -0.117. The van der Waals surface area contributed by atoms with E-state index < -0.39 is 0 Å². The zero-order valence-corrected chi connectivity index (χ0v) is 12.0. The Kier molecular flexibility index (Phi) is 3.58. The number of hydrogen-bond acceptors (Lipinski definition) is 4. The van der Waals surface area contributed by atoms with Crippen LogP contribution in [0.1, 0.15) is 63.0 Å². The van der Waals surface area contributed by atoms with Crippen molar-refractivity contribution in [3.8, 4) is 0 Å². The number of rotatable bonds is 4. The molecule has 19 heavy (non-hydrogen) atoms. The van der Waals surface area contributed by atoms with Crippen LogP contribution in [0.15, 0.2) is 5.38 Å². The number of nitrogens with one attached hydrogen (secondary N) is 1. The molecule has 1 aromatic heterocycles. The van der Waals surface area contributed by atoms with Gasteiger partial charge in [-0.1, -0.05) is 19.3 Å². The molecule has 0 aliphatic heterocycles. The lowest BCUT2D eigenvalue weighted by atomic mass is 9.80. The van der Waals surface area contributed by atoms with Gasteiger partial charge in [-0.15, -0.1) is 11.3 Å². The number of amides is 1. The Bertz CT molecular complexity index is 461. The van der Waals surface area contributed by atoms with E-state index in [-0.39, 0.29) is 11.4 Å². The van der Waals surface area contributed by atoms with Gasteiger partial charge >= 0.3 is 0 Å². The summed E-state index contributed by atoms with van der Waals surface area (Å²) in [5.41, 5.74) is 7.15. The first-order chi connectivity index (χ1) is 9.15. The molecule has 0 unspecified atom stereocenters. The minimum Gasteiger partial charge on any atom is -0.325 e. The summed E-state index contributed by atoms with van der Waals surface area (Å²) < 4.78 is 0. The molecule has 1 aromatic rings. The van der Waals surface area contributed by atoms with Crippen LogP contribution >= 0.6 is 11.3 Å². The van der Waals surface area contributed by atoms with Gasteiger partial charge in [0.15, 0.2) is 5.13 Å². The predicted octanol–water partition coefficient (Wildman–Crippen LogP) is 3.01. The molecule has 0 bridgehead atoms. The van der Waals surface area contributed by atoms with E-state index in [2.05, 4.69) is 15.7 Å². The number of carbonyl (C=O) groups excluding carboxylic acids is 1. The first-order valence-electron chi connectivity index (χ1n) is 7.19. The van der Waals surface area contributed by atoms with Gasteiger partial charge in [-0.2, -0.15) is 0 Å². The molecule has 2 saturated carbocycles. The van der Waals surface area contributed by atoms with Crippen molar-refractivity contribution in [2.24, 2.45) is 5.73 Å². The number of thiazole rings is 1. The summed E-state index contributed by atoms with van der Waals surface area (Å²) in [7, 11) is 0. The van der Waals surface area contributed by atoms with Crippen LogP contribution in [-0.4, -0.2) is 16.4 Å². The molecule has 0 aromatic carbocycles. The van der Waals surface area contributed by atoms with Crippen molar-refractivity contribution < 1.29 is 4.79 Å². The van der Waals surface area contributed by atoms with Gasteiger partial charge in [-0.3, -0.25) is 4.79 Å². The highest BCUT2D eigenvalue weighted by molar-refractivity contribution is 7.13. The summed E-state index contributed by atoms with van der Waals surface area (Å²) in [4.78, 5) is 16.5. The average molecular weight is 279 g/mol. The molecule has 1 heterocycles. The summed E-state index contributed by atoms with van der Waals surface area (Å²) in [6.45, 7) is 0. The van der Waals surface area contributed by atoms with Crippen molar-refractivity contribution in [2.75, 3.05) is 5.32 Å². The number of nitrogens with two attached hydrogens (primary N) is 1. The molecule has 0 spiro atoms. The minimum absolute atomic E-state index is 0.0149. The number of anilines is 1. The van der Waals surface area contributed by atoms with Gasteiger partial charge in [0, 0.05) is 23.3 Å². The van der Waals surface area contributed by atoms with Gasteiger partial charge in [-0.05, 0) is 25.7 Å². The van der Waals surface area contributed by atoms with Crippen molar-refractivity contribution >= 4 is 22.4 Å². The molecule has 5 heteroatoms. The van der Waals surface area contributed by atoms with Crippen LogP contribution in [-0.2, 0) is 4.79 Å². The number of nitrogens with zero attached hydrogens (tertiary/aromatic N) is 1. The standard InChI is InChI=1S/C14H21N3OS/c15-14(6-2-1-3-7-14)8-12(18)17-13-16-11(9-19-13)10-4-5-10/h9-10H,1-8,15H2,(H,16,17,18). The largest absolute Gasteiger partial charge is 0.325 e. The highest BCUT2D eigenvalue weighted by Crippen LogP contribution is 2.41. The zero-order valence-electron chi connectivity index (χ0n) is 11.2. The Morgan fingerprint density at radius 2 is 2.16 bits per heavy atom. The second-order valence-electron chi connectivity index (χ2n) is 6.00. The van der Waals surface area contributed by atoms with Crippen molar-refractivity contribution in [2.45, 2.75) is 62.8 Å². The third-order valence-corrected chi connectivity index (χ3v) is 4.90. The first kappa shape index (κ1) is 13.1. The fraction of sp³-hybridized carbons (Fsp3) is 0.714. The Hall–Kier alpha value is -0.940. The second-order valence-corrected chi connectivity index (χ2v) is 6.86. The van der Waals surface area contributed by atoms with Crippen LogP contribution in [0.25, 0.3) is 0 Å². The number of hydrogen-bond donors (Lipinski definition) is 2. The fourth-order valence-electron chi connectivity index (χ4n) is 2.83. The van der Waals surface area contributed by atoms with Gasteiger partial charge in [0.1, 0.15) is 0 Å². The molecule has 2 aliphatic carbocycles. The molecular weight excluding hydrogens is 258 g/mol. The van der Waals surface area contributed by atoms with E-state index in [4.69, 9.17) is 5.73 Å². The van der Waals surface area contributed by atoms with Crippen LogP contribution < -0.4 is 11.1 Å². The second kappa shape index (κ2) is 5.21. The third-order valence-electron chi connectivity index (χ3n) is 4.13. The van der Waals surface area contributed by atoms with E-state index in [0.29, 0.717) is 12.3 Å². The number of carbonyl (C=O) groups is 1. The van der Waals surface area contributed by atoms with Crippen LogP contribution in [0, 0.1) is 0 Å². The van der Waals surface area contributed by atoms with Gasteiger partial charge in [-0.25, -0.2) is 4.98 Å². The smallest absolute Gasteiger partial charge is 0.228 e. The zero-order chi connectivity index (χ0) is 13.3. The van der Waals surface area contributed by atoms with Crippen LogP contribution in [0.4, 0.5) is 5.13 Å². The summed E-state index contributed by atoms with van der Waals surface area (Å²) >= 11 is 1.52. The Morgan fingerprint density at radius 3 is 2.84 bits per heavy atom. The molecule has 0 saturated heterocycles. The molecule has 0 atom stereocenters. The molecule has 104 valence electrons. The van der Waals surface area contributed by atoms with Crippen LogP contribution in [0.3, 0.4) is 0 Å². The van der Waals surface area contributed by atoms with Gasteiger partial charge in [0.2, 0.25) is 5.91 Å². The number of aromatic nitrogens is 1. The quantitative estimate of drug-likeness (QED) is 0.890. The van der Waals surface area contributed by atoms with E-state index in [1.807, 2.05) is 0 Å².